The fourth-order valence-corrected chi connectivity index (χ4v) is 4.62. The zero-order valence-electron chi connectivity index (χ0n) is 20.3. The molecule has 32 heavy (non-hydrogen) atoms. The molecule has 8 atom stereocenters. The van der Waals surface area contributed by atoms with Crippen LogP contribution in [0.5, 0.6) is 0 Å². The lowest BCUT2D eigenvalue weighted by Gasteiger charge is -2.40. The van der Waals surface area contributed by atoms with Crippen LogP contribution in [0.1, 0.15) is 104 Å². The highest BCUT2D eigenvalue weighted by molar-refractivity contribution is 4.92. The first-order valence-electron chi connectivity index (χ1n) is 13.0. The number of hydrogen-bond acceptors (Lipinski definition) is 7. The van der Waals surface area contributed by atoms with Crippen molar-refractivity contribution in [2.24, 2.45) is 5.92 Å². The predicted octanol–water partition coefficient (Wildman–Crippen LogP) is 2.67. The van der Waals surface area contributed by atoms with Crippen molar-refractivity contribution in [3.8, 4) is 0 Å². The van der Waals surface area contributed by atoms with Crippen LogP contribution in [-0.4, -0.2) is 80.0 Å². The summed E-state index contributed by atoms with van der Waals surface area (Å²) in [7, 11) is 0. The van der Waals surface area contributed by atoms with Gasteiger partial charge >= 0.3 is 0 Å². The molecule has 1 rings (SSSR count). The normalized spacial score (nSPS) is 29.1. The first kappa shape index (κ1) is 29.8. The van der Waals surface area contributed by atoms with Gasteiger partial charge < -0.3 is 35.4 Å². The quantitative estimate of drug-likeness (QED) is 0.173. The van der Waals surface area contributed by atoms with Gasteiger partial charge in [-0.05, 0) is 31.6 Å². The molecule has 6 N–H and O–H groups in total. The summed E-state index contributed by atoms with van der Waals surface area (Å²) in [4.78, 5) is 0. The van der Waals surface area contributed by atoms with Gasteiger partial charge in [-0.3, -0.25) is 0 Å². The number of unbranched alkanes of at least 4 members (excludes halogenated alkanes) is 9. The molecule has 192 valence electrons. The van der Waals surface area contributed by atoms with Crippen molar-refractivity contribution in [2.45, 2.75) is 146 Å². The Morgan fingerprint density at radius 3 is 1.78 bits per heavy atom. The summed E-state index contributed by atoms with van der Waals surface area (Å²) in [6.45, 7) is 3.76. The van der Waals surface area contributed by atoms with E-state index >= 15 is 0 Å². The third kappa shape index (κ3) is 10.8. The topological polar surface area (TPSA) is 131 Å². The Bertz CT molecular complexity index is 448. The molecule has 0 spiro atoms. The molecular formula is C25H50O7. The van der Waals surface area contributed by atoms with Crippen LogP contribution in [0, 0.1) is 5.92 Å². The molecule has 0 aromatic heterocycles. The molecule has 0 aromatic rings. The summed E-state index contributed by atoms with van der Waals surface area (Å²) in [5, 5.41) is 59.8. The molecule has 7 heteroatoms. The van der Waals surface area contributed by atoms with E-state index in [4.69, 9.17) is 4.74 Å². The van der Waals surface area contributed by atoms with Gasteiger partial charge in [0.25, 0.3) is 0 Å². The zero-order chi connectivity index (χ0) is 23.9. The highest BCUT2D eigenvalue weighted by Crippen LogP contribution is 2.26. The van der Waals surface area contributed by atoms with Crippen LogP contribution in [0.4, 0.5) is 0 Å². The van der Waals surface area contributed by atoms with Gasteiger partial charge in [-0.1, -0.05) is 78.1 Å². The summed E-state index contributed by atoms with van der Waals surface area (Å²) in [5.41, 5.74) is 0. The average Bonchev–Trinajstić information content (AvgIpc) is 2.79. The maximum Gasteiger partial charge on any atom is 0.111 e. The molecule has 1 aliphatic rings. The predicted molar refractivity (Wildman–Crippen MR) is 125 cm³/mol. The lowest BCUT2D eigenvalue weighted by molar-refractivity contribution is -0.230. The van der Waals surface area contributed by atoms with Crippen LogP contribution < -0.4 is 0 Å². The van der Waals surface area contributed by atoms with E-state index in [9.17, 15) is 30.6 Å². The van der Waals surface area contributed by atoms with E-state index < -0.39 is 49.3 Å². The van der Waals surface area contributed by atoms with Gasteiger partial charge in [0.2, 0.25) is 0 Å². The Morgan fingerprint density at radius 1 is 0.688 bits per heavy atom. The van der Waals surface area contributed by atoms with Crippen molar-refractivity contribution < 1.29 is 35.4 Å². The molecular weight excluding hydrogens is 412 g/mol. The van der Waals surface area contributed by atoms with E-state index in [-0.39, 0.29) is 5.92 Å². The summed E-state index contributed by atoms with van der Waals surface area (Å²) in [6.07, 6.45) is 7.60. The van der Waals surface area contributed by atoms with E-state index in [1.165, 1.54) is 57.8 Å². The average molecular weight is 463 g/mol. The Kier molecular flexibility index (Phi) is 16.0. The minimum absolute atomic E-state index is 0.0197. The van der Waals surface area contributed by atoms with Crippen molar-refractivity contribution >= 4 is 0 Å². The Hall–Kier alpha value is -0.280. The van der Waals surface area contributed by atoms with E-state index in [0.717, 1.165) is 12.8 Å². The molecule has 1 heterocycles. The van der Waals surface area contributed by atoms with Gasteiger partial charge in [0.1, 0.15) is 24.4 Å². The molecule has 0 aliphatic carbocycles. The van der Waals surface area contributed by atoms with E-state index in [2.05, 4.69) is 6.92 Å². The van der Waals surface area contributed by atoms with Crippen LogP contribution in [0.15, 0.2) is 0 Å². The van der Waals surface area contributed by atoms with Gasteiger partial charge in [0.05, 0.1) is 24.9 Å². The SMILES string of the molecule is CCCCCCCCCCCCC(C)C(O)C(O)CCC[C@H]1OC(CO)C(O)C(O)[C@H]1O. The maximum absolute atomic E-state index is 10.4. The largest absolute Gasteiger partial charge is 0.394 e. The van der Waals surface area contributed by atoms with Crippen LogP contribution >= 0.6 is 0 Å². The Labute approximate surface area is 194 Å². The van der Waals surface area contributed by atoms with Crippen molar-refractivity contribution in [2.75, 3.05) is 6.61 Å². The molecule has 0 bridgehead atoms. The molecule has 6 unspecified atom stereocenters. The molecule has 0 radical (unpaired) electrons. The van der Waals surface area contributed by atoms with E-state index in [1.54, 1.807) is 0 Å². The first-order chi connectivity index (χ1) is 15.3. The molecule has 1 fully saturated rings. The number of rotatable bonds is 18. The molecule has 1 saturated heterocycles. The van der Waals surface area contributed by atoms with Gasteiger partial charge in [0, 0.05) is 0 Å². The molecule has 7 nitrogen and oxygen atoms in total. The lowest BCUT2D eigenvalue weighted by Crippen LogP contribution is -2.58. The second-order valence-electron chi connectivity index (χ2n) is 9.80. The Balaban J connectivity index is 2.15. The number of aliphatic hydroxyl groups excluding tert-OH is 6. The smallest absolute Gasteiger partial charge is 0.111 e. The molecule has 1 aliphatic heterocycles. The molecule has 0 aromatic carbocycles. The summed E-state index contributed by atoms with van der Waals surface area (Å²) < 4.78 is 5.48. The van der Waals surface area contributed by atoms with E-state index in [1.807, 2.05) is 6.92 Å². The summed E-state index contributed by atoms with van der Waals surface area (Å²) in [5.74, 6) is 0.0197. The standard InChI is InChI=1S/C25H50O7/c1-3-4-5-6-7-8-9-10-11-12-14-18(2)22(28)19(27)15-13-16-20-23(29)25(31)24(30)21(17-26)32-20/h18-31H,3-17H2,1-2H3/t18?,19?,20-,21?,22?,23+,24?,25?/m1/s1. The maximum atomic E-state index is 10.4. The highest BCUT2D eigenvalue weighted by atomic mass is 16.5. The van der Waals surface area contributed by atoms with Crippen molar-refractivity contribution in [1.82, 2.24) is 0 Å². The fraction of sp³-hybridized carbons (Fsp3) is 1.00. The van der Waals surface area contributed by atoms with Crippen LogP contribution in [0.2, 0.25) is 0 Å². The Morgan fingerprint density at radius 2 is 1.22 bits per heavy atom. The van der Waals surface area contributed by atoms with E-state index in [0.29, 0.717) is 19.3 Å². The molecule has 0 saturated carbocycles. The van der Waals surface area contributed by atoms with Crippen molar-refractivity contribution in [1.29, 1.82) is 0 Å². The first-order valence-corrected chi connectivity index (χ1v) is 13.0. The highest BCUT2D eigenvalue weighted by Gasteiger charge is 2.42. The fourth-order valence-electron chi connectivity index (χ4n) is 4.62. The second-order valence-corrected chi connectivity index (χ2v) is 9.80. The minimum atomic E-state index is -1.37. The van der Waals surface area contributed by atoms with Crippen LogP contribution in [0.3, 0.4) is 0 Å². The van der Waals surface area contributed by atoms with Crippen LogP contribution in [-0.2, 0) is 4.74 Å². The zero-order valence-corrected chi connectivity index (χ0v) is 20.3. The summed E-state index contributed by atoms with van der Waals surface area (Å²) >= 11 is 0. The van der Waals surface area contributed by atoms with Crippen LogP contribution in [0.25, 0.3) is 0 Å². The number of ether oxygens (including phenoxy) is 1. The lowest BCUT2D eigenvalue weighted by atomic mass is 9.89. The third-order valence-electron chi connectivity index (χ3n) is 6.97. The van der Waals surface area contributed by atoms with Crippen molar-refractivity contribution in [3.05, 3.63) is 0 Å². The summed E-state index contributed by atoms with van der Waals surface area (Å²) in [6, 6.07) is 0. The number of aliphatic hydroxyl groups is 6. The minimum Gasteiger partial charge on any atom is -0.394 e. The van der Waals surface area contributed by atoms with Gasteiger partial charge in [-0.2, -0.15) is 0 Å². The van der Waals surface area contributed by atoms with Gasteiger partial charge in [0.15, 0.2) is 0 Å². The number of hydrogen-bond donors (Lipinski definition) is 6. The van der Waals surface area contributed by atoms with Gasteiger partial charge in [-0.25, -0.2) is 0 Å². The monoisotopic (exact) mass is 462 g/mol. The second kappa shape index (κ2) is 17.2. The van der Waals surface area contributed by atoms with Crippen molar-refractivity contribution in [3.63, 3.8) is 0 Å². The van der Waals surface area contributed by atoms with Gasteiger partial charge in [-0.15, -0.1) is 0 Å². The molecule has 0 amide bonds. The third-order valence-corrected chi connectivity index (χ3v) is 6.97.